The number of nitriles is 1. The van der Waals surface area contributed by atoms with Crippen LogP contribution < -0.4 is 10.2 Å². The molecule has 3 aliphatic heterocycles. The minimum atomic E-state index is -0.794. The van der Waals surface area contributed by atoms with Gasteiger partial charge in [0, 0.05) is 67.3 Å². The monoisotopic (exact) mass is 662 g/mol. The Morgan fingerprint density at radius 3 is 2.68 bits per heavy atom. The lowest BCUT2D eigenvalue weighted by Crippen LogP contribution is -2.54. The number of ether oxygens (including phenoxy) is 2. The number of aromatic nitrogens is 3. The Kier molecular flexibility index (Phi) is 7.99. The smallest absolute Gasteiger partial charge is 0.412 e. The van der Waals surface area contributed by atoms with Gasteiger partial charge in [0.15, 0.2) is 11.6 Å². The molecule has 4 aromatic rings. The fourth-order valence-electron chi connectivity index (χ4n) is 7.04. The number of benzene rings is 1. The van der Waals surface area contributed by atoms with Crippen molar-refractivity contribution in [3.05, 3.63) is 40.7 Å². The number of likely N-dealkylation sites (N-methyl/N-ethyl adjacent to an activating group) is 1. The van der Waals surface area contributed by atoms with Gasteiger partial charge in [0.1, 0.15) is 22.2 Å². The summed E-state index contributed by atoms with van der Waals surface area (Å²) in [5.74, 6) is -0.896. The van der Waals surface area contributed by atoms with Crippen molar-refractivity contribution < 1.29 is 23.0 Å². The maximum absolute atomic E-state index is 16.9. The van der Waals surface area contributed by atoms with Gasteiger partial charge in [0.25, 0.3) is 0 Å². The molecule has 47 heavy (non-hydrogen) atoms. The van der Waals surface area contributed by atoms with Crippen LogP contribution in [0.1, 0.15) is 50.8 Å². The summed E-state index contributed by atoms with van der Waals surface area (Å²) < 4.78 is 43.3. The van der Waals surface area contributed by atoms with Crippen molar-refractivity contribution in [2.45, 2.75) is 65.0 Å². The molecule has 2 atom stereocenters. The SMILES string of the molecule is C[C@H]1CN(C)CCN1[C@H]1CCN(c2ncc3c4c(c(-c5ncc(F)c6sc(NC(=O)OC(C)(C)C)c(C#N)c56)c(F)c3n2)COC4)C1. The first-order valence-electron chi connectivity index (χ1n) is 15.7. The molecule has 11 nitrogen and oxygen atoms in total. The molecule has 3 aliphatic rings. The molecule has 6 heterocycles. The van der Waals surface area contributed by atoms with Crippen LogP contribution in [-0.4, -0.2) is 88.3 Å². The standard InChI is InChI=1S/C33H36F2N8O3S/c1-17-13-41(5)8-9-43(17)18-6-7-42(14-18)31-38-11-20-21-15-45-16-22(21)24(26(35)27(20)39-31)28-25-19(10-36)30(40-32(44)46-33(2,3)4)47-29(25)23(34)12-37-28/h11-12,17-18H,6-9,13-16H2,1-5H3,(H,40,44)/t17-,18-/m0/s1. The second-order valence-corrected chi connectivity index (χ2v) is 14.5. The first-order valence-corrected chi connectivity index (χ1v) is 16.5. The highest BCUT2D eigenvalue weighted by molar-refractivity contribution is 7.23. The number of pyridine rings is 1. The van der Waals surface area contributed by atoms with Crippen molar-refractivity contribution in [2.75, 3.05) is 50.0 Å². The highest BCUT2D eigenvalue weighted by atomic mass is 32.1. The molecule has 0 unspecified atom stereocenters. The summed E-state index contributed by atoms with van der Waals surface area (Å²) >= 11 is 0.870. The summed E-state index contributed by atoms with van der Waals surface area (Å²) in [5.41, 5.74) is 0.754. The van der Waals surface area contributed by atoms with E-state index in [1.54, 1.807) is 27.0 Å². The minimum absolute atomic E-state index is 0.0327. The number of fused-ring (bicyclic) bond motifs is 4. The van der Waals surface area contributed by atoms with E-state index in [0.717, 1.165) is 62.2 Å². The van der Waals surface area contributed by atoms with Crippen LogP contribution in [0.15, 0.2) is 12.4 Å². The average molecular weight is 663 g/mol. The zero-order valence-corrected chi connectivity index (χ0v) is 27.8. The van der Waals surface area contributed by atoms with Crippen molar-refractivity contribution in [1.82, 2.24) is 24.8 Å². The number of thiophene rings is 1. The number of carbonyl (C=O) groups excluding carboxylic acids is 1. The van der Waals surface area contributed by atoms with E-state index < -0.39 is 23.3 Å². The first-order chi connectivity index (χ1) is 22.4. The summed E-state index contributed by atoms with van der Waals surface area (Å²) in [4.78, 5) is 33.4. The van der Waals surface area contributed by atoms with Crippen LogP contribution in [0.2, 0.25) is 0 Å². The Labute approximate surface area is 275 Å². The number of halogens is 2. The zero-order valence-electron chi connectivity index (χ0n) is 27.0. The summed E-state index contributed by atoms with van der Waals surface area (Å²) in [6.45, 7) is 12.3. The lowest BCUT2D eigenvalue weighted by Gasteiger charge is -2.41. The molecule has 0 saturated carbocycles. The molecule has 0 aliphatic carbocycles. The molecule has 0 bridgehead atoms. The van der Waals surface area contributed by atoms with E-state index in [1.165, 1.54) is 0 Å². The second kappa shape index (κ2) is 11.9. The Morgan fingerprint density at radius 1 is 1.15 bits per heavy atom. The molecule has 0 spiro atoms. The van der Waals surface area contributed by atoms with E-state index in [1.807, 2.05) is 0 Å². The molecule has 1 amide bonds. The third-order valence-electron chi connectivity index (χ3n) is 9.12. The molecule has 14 heteroatoms. The van der Waals surface area contributed by atoms with E-state index in [9.17, 15) is 10.1 Å². The summed E-state index contributed by atoms with van der Waals surface area (Å²) in [7, 11) is 2.15. The van der Waals surface area contributed by atoms with Crippen LogP contribution >= 0.6 is 11.3 Å². The lowest BCUT2D eigenvalue weighted by atomic mass is 9.94. The topological polar surface area (TPSA) is 120 Å². The van der Waals surface area contributed by atoms with Crippen LogP contribution in [0.4, 0.5) is 24.5 Å². The quantitative estimate of drug-likeness (QED) is 0.294. The largest absolute Gasteiger partial charge is 0.444 e. The summed E-state index contributed by atoms with van der Waals surface area (Å²) in [6, 6.07) is 2.87. The van der Waals surface area contributed by atoms with Crippen molar-refractivity contribution in [3.63, 3.8) is 0 Å². The van der Waals surface area contributed by atoms with Gasteiger partial charge in [-0.05, 0) is 52.3 Å². The van der Waals surface area contributed by atoms with Gasteiger partial charge in [-0.2, -0.15) is 5.26 Å². The molecule has 1 N–H and O–H groups in total. The van der Waals surface area contributed by atoms with Gasteiger partial charge < -0.3 is 19.3 Å². The Balaban J connectivity index is 1.31. The van der Waals surface area contributed by atoms with Crippen LogP contribution in [0.5, 0.6) is 0 Å². The van der Waals surface area contributed by atoms with Gasteiger partial charge in [0.05, 0.1) is 35.4 Å². The van der Waals surface area contributed by atoms with Crippen LogP contribution in [0.3, 0.4) is 0 Å². The Hall–Kier alpha value is -4.03. The molecule has 246 valence electrons. The molecular formula is C33H36F2N8O3S. The van der Waals surface area contributed by atoms with Crippen LogP contribution in [-0.2, 0) is 22.7 Å². The van der Waals surface area contributed by atoms with Gasteiger partial charge in [-0.3, -0.25) is 15.2 Å². The number of amides is 1. The predicted octanol–water partition coefficient (Wildman–Crippen LogP) is 5.65. The minimum Gasteiger partial charge on any atom is -0.444 e. The molecule has 3 aromatic heterocycles. The van der Waals surface area contributed by atoms with Gasteiger partial charge in [-0.1, -0.05) is 0 Å². The third-order valence-corrected chi connectivity index (χ3v) is 10.2. The van der Waals surface area contributed by atoms with E-state index in [4.69, 9.17) is 14.5 Å². The molecule has 0 radical (unpaired) electrons. The number of nitrogens with zero attached hydrogens (tertiary/aromatic N) is 7. The Morgan fingerprint density at radius 2 is 1.94 bits per heavy atom. The summed E-state index contributed by atoms with van der Waals surface area (Å²) in [5, 5.41) is 13.5. The third kappa shape index (κ3) is 5.65. The molecule has 2 saturated heterocycles. The number of rotatable bonds is 4. The number of hydrogen-bond donors (Lipinski definition) is 1. The van der Waals surface area contributed by atoms with Crippen molar-refractivity contribution in [2.24, 2.45) is 0 Å². The fraction of sp³-hybridized carbons (Fsp3) is 0.485. The van der Waals surface area contributed by atoms with E-state index >= 15 is 8.78 Å². The normalized spacial score (nSPS) is 20.6. The van der Waals surface area contributed by atoms with E-state index in [0.29, 0.717) is 29.0 Å². The highest BCUT2D eigenvalue weighted by Gasteiger charge is 2.35. The predicted molar refractivity (Wildman–Crippen MR) is 175 cm³/mol. The zero-order chi connectivity index (χ0) is 33.2. The van der Waals surface area contributed by atoms with Crippen LogP contribution in [0, 0.1) is 23.0 Å². The first kappa shape index (κ1) is 31.6. The number of carbonyl (C=O) groups is 1. The van der Waals surface area contributed by atoms with Gasteiger partial charge in [-0.15, -0.1) is 11.3 Å². The highest BCUT2D eigenvalue weighted by Crippen LogP contribution is 2.46. The van der Waals surface area contributed by atoms with E-state index in [2.05, 4.69) is 50.0 Å². The summed E-state index contributed by atoms with van der Waals surface area (Å²) in [6.07, 6.45) is 2.84. The van der Waals surface area contributed by atoms with Gasteiger partial charge in [0.2, 0.25) is 5.95 Å². The number of nitrogens with one attached hydrogen (secondary N) is 1. The number of hydrogen-bond acceptors (Lipinski definition) is 11. The maximum Gasteiger partial charge on any atom is 0.412 e. The number of piperazine rings is 1. The molecule has 2 fully saturated rings. The fourth-order valence-corrected chi connectivity index (χ4v) is 8.08. The van der Waals surface area contributed by atoms with Gasteiger partial charge in [-0.25, -0.2) is 23.5 Å². The molecular weight excluding hydrogens is 626 g/mol. The lowest BCUT2D eigenvalue weighted by molar-refractivity contribution is 0.0636. The average Bonchev–Trinajstić information content (AvgIpc) is 3.76. The van der Waals surface area contributed by atoms with Crippen LogP contribution in [0.25, 0.3) is 32.2 Å². The van der Waals surface area contributed by atoms with E-state index in [-0.39, 0.29) is 50.6 Å². The molecule has 7 rings (SSSR count). The second-order valence-electron chi connectivity index (χ2n) is 13.5. The van der Waals surface area contributed by atoms with Gasteiger partial charge >= 0.3 is 6.09 Å². The van der Waals surface area contributed by atoms with Crippen molar-refractivity contribution in [1.29, 1.82) is 5.26 Å². The molecule has 1 aromatic carbocycles. The number of anilines is 2. The Bertz CT molecular complexity index is 1950. The van der Waals surface area contributed by atoms with Crippen molar-refractivity contribution in [3.8, 4) is 17.3 Å². The van der Waals surface area contributed by atoms with Crippen molar-refractivity contribution >= 4 is 49.4 Å². The maximum atomic E-state index is 16.9.